The number of hydrogen-bond acceptors (Lipinski definition) is 5. The molecule has 2 aliphatic rings. The van der Waals surface area contributed by atoms with Crippen LogP contribution >= 0.6 is 34.3 Å². The molecule has 0 N–H and O–H groups in total. The zero-order chi connectivity index (χ0) is 22.8. The van der Waals surface area contributed by atoms with Crippen LogP contribution in [0.1, 0.15) is 38.1 Å². The first-order valence-corrected chi connectivity index (χ1v) is 13.4. The lowest BCUT2D eigenvalue weighted by Gasteiger charge is -2.37. The van der Waals surface area contributed by atoms with Crippen molar-refractivity contribution in [3.63, 3.8) is 0 Å². The number of carbonyl (C=O) groups is 2. The van der Waals surface area contributed by atoms with Gasteiger partial charge in [-0.25, -0.2) is 0 Å². The summed E-state index contributed by atoms with van der Waals surface area (Å²) in [6.45, 7) is 3.77. The van der Waals surface area contributed by atoms with Gasteiger partial charge in [-0.05, 0) is 59.0 Å². The highest BCUT2D eigenvalue weighted by atomic mass is 35.5. The smallest absolute Gasteiger partial charge is 0.263 e. The molecule has 1 saturated heterocycles. The molecule has 5 rings (SSSR count). The highest BCUT2D eigenvalue weighted by molar-refractivity contribution is 7.12. The summed E-state index contributed by atoms with van der Waals surface area (Å²) in [6.07, 6.45) is 1.77. The molecule has 172 valence electrons. The summed E-state index contributed by atoms with van der Waals surface area (Å²) in [5.74, 6) is 0.209. The Bertz CT molecular complexity index is 1110. The fourth-order valence-electron chi connectivity index (χ4n) is 4.77. The maximum absolute atomic E-state index is 13.4. The molecule has 0 saturated carbocycles. The van der Waals surface area contributed by atoms with Gasteiger partial charge in [0.05, 0.1) is 17.5 Å². The van der Waals surface area contributed by atoms with Crippen LogP contribution in [0.3, 0.4) is 0 Å². The van der Waals surface area contributed by atoms with E-state index in [-0.39, 0.29) is 17.9 Å². The van der Waals surface area contributed by atoms with Crippen molar-refractivity contribution in [1.82, 2.24) is 14.7 Å². The normalized spacial score (nSPS) is 19.2. The second-order valence-electron chi connectivity index (χ2n) is 8.48. The number of thiophene rings is 2. The standard InChI is InChI=1S/C25H26ClN3O2S2/c26-19-6-4-18(5-7-19)24-20-9-16-33-21(20)8-12-29(24)17-23(30)27-10-2-11-28(14-13-27)25(31)22-3-1-15-32-22/h1,3-7,9,15-16,24H,2,8,10-14,17H2/t24-/m1/s1. The van der Waals surface area contributed by atoms with Gasteiger partial charge in [-0.2, -0.15) is 0 Å². The monoisotopic (exact) mass is 499 g/mol. The Labute approximate surface area is 207 Å². The van der Waals surface area contributed by atoms with E-state index in [0.29, 0.717) is 37.7 Å². The maximum atomic E-state index is 13.4. The van der Waals surface area contributed by atoms with Gasteiger partial charge in [0, 0.05) is 42.6 Å². The van der Waals surface area contributed by atoms with Crippen molar-refractivity contribution < 1.29 is 9.59 Å². The van der Waals surface area contributed by atoms with Crippen LogP contribution in [0.5, 0.6) is 0 Å². The Balaban J connectivity index is 1.28. The highest BCUT2D eigenvalue weighted by Crippen LogP contribution is 2.38. The summed E-state index contributed by atoms with van der Waals surface area (Å²) >= 11 is 9.40. The third-order valence-electron chi connectivity index (χ3n) is 6.46. The lowest BCUT2D eigenvalue weighted by atomic mass is 9.93. The maximum Gasteiger partial charge on any atom is 0.263 e. The molecule has 4 heterocycles. The molecule has 1 fully saturated rings. The Morgan fingerprint density at radius 3 is 2.48 bits per heavy atom. The molecule has 2 aromatic heterocycles. The second kappa shape index (κ2) is 9.97. The molecule has 2 amide bonds. The van der Waals surface area contributed by atoms with E-state index in [1.54, 1.807) is 11.3 Å². The predicted octanol–water partition coefficient (Wildman–Crippen LogP) is 4.79. The Hall–Kier alpha value is -2.19. The van der Waals surface area contributed by atoms with Gasteiger partial charge in [-0.1, -0.05) is 29.8 Å². The van der Waals surface area contributed by atoms with Gasteiger partial charge >= 0.3 is 0 Å². The lowest BCUT2D eigenvalue weighted by molar-refractivity contribution is -0.132. The van der Waals surface area contributed by atoms with E-state index >= 15 is 0 Å². The molecular weight excluding hydrogens is 474 g/mol. The number of rotatable bonds is 4. The largest absolute Gasteiger partial charge is 0.340 e. The molecule has 0 bridgehead atoms. The quantitative estimate of drug-likeness (QED) is 0.518. The Morgan fingerprint density at radius 2 is 1.70 bits per heavy atom. The minimum atomic E-state index is 0.0603. The number of fused-ring (bicyclic) bond motifs is 1. The number of hydrogen-bond donors (Lipinski definition) is 0. The summed E-state index contributed by atoms with van der Waals surface area (Å²) in [6, 6.07) is 14.0. The van der Waals surface area contributed by atoms with Gasteiger partial charge in [-0.3, -0.25) is 14.5 Å². The zero-order valence-electron chi connectivity index (χ0n) is 18.3. The number of nitrogens with zero attached hydrogens (tertiary/aromatic N) is 3. The van der Waals surface area contributed by atoms with Crippen molar-refractivity contribution in [3.8, 4) is 0 Å². The van der Waals surface area contributed by atoms with E-state index in [1.807, 2.05) is 39.4 Å². The van der Waals surface area contributed by atoms with Crippen molar-refractivity contribution in [2.75, 3.05) is 39.3 Å². The average molecular weight is 500 g/mol. The zero-order valence-corrected chi connectivity index (χ0v) is 20.7. The lowest BCUT2D eigenvalue weighted by Crippen LogP contribution is -2.45. The number of halogens is 1. The molecule has 3 aromatic rings. The molecule has 33 heavy (non-hydrogen) atoms. The van der Waals surface area contributed by atoms with Crippen LogP contribution < -0.4 is 0 Å². The molecule has 2 aliphatic heterocycles. The molecular formula is C25H26ClN3O2S2. The van der Waals surface area contributed by atoms with Crippen molar-refractivity contribution in [2.24, 2.45) is 0 Å². The molecule has 0 radical (unpaired) electrons. The number of carbonyl (C=O) groups excluding carboxylic acids is 2. The van der Waals surface area contributed by atoms with Gasteiger partial charge in [-0.15, -0.1) is 22.7 Å². The van der Waals surface area contributed by atoms with Gasteiger partial charge in [0.25, 0.3) is 5.91 Å². The molecule has 0 aliphatic carbocycles. The van der Waals surface area contributed by atoms with Crippen molar-refractivity contribution in [2.45, 2.75) is 18.9 Å². The summed E-state index contributed by atoms with van der Waals surface area (Å²) in [5.41, 5.74) is 2.46. The first-order valence-electron chi connectivity index (χ1n) is 11.3. The van der Waals surface area contributed by atoms with Crippen molar-refractivity contribution in [3.05, 3.63) is 79.1 Å². The average Bonchev–Trinajstić information content (AvgIpc) is 3.47. The van der Waals surface area contributed by atoms with Crippen LogP contribution in [0.15, 0.2) is 53.2 Å². The fourth-order valence-corrected chi connectivity index (χ4v) is 6.49. The second-order valence-corrected chi connectivity index (χ2v) is 10.9. The summed E-state index contributed by atoms with van der Waals surface area (Å²) in [4.78, 5) is 34.4. The van der Waals surface area contributed by atoms with Gasteiger partial charge < -0.3 is 9.80 Å². The molecule has 5 nitrogen and oxygen atoms in total. The Morgan fingerprint density at radius 1 is 0.909 bits per heavy atom. The molecule has 1 atom stereocenters. The van der Waals surface area contributed by atoms with Crippen LogP contribution in [0, 0.1) is 0 Å². The number of benzene rings is 1. The van der Waals surface area contributed by atoms with Crippen LogP contribution in [0.2, 0.25) is 5.02 Å². The van der Waals surface area contributed by atoms with E-state index < -0.39 is 0 Å². The van der Waals surface area contributed by atoms with Crippen LogP contribution in [0.4, 0.5) is 0 Å². The van der Waals surface area contributed by atoms with E-state index in [2.05, 4.69) is 28.5 Å². The SMILES string of the molecule is O=C(CN1CCc2sccc2[C@H]1c1ccc(Cl)cc1)N1CCCN(C(=O)c2cccs2)CC1. The van der Waals surface area contributed by atoms with Gasteiger partial charge in [0.1, 0.15) is 0 Å². The van der Waals surface area contributed by atoms with E-state index in [9.17, 15) is 9.59 Å². The van der Waals surface area contributed by atoms with E-state index in [0.717, 1.165) is 29.8 Å². The minimum Gasteiger partial charge on any atom is -0.340 e. The summed E-state index contributed by atoms with van der Waals surface area (Å²) < 4.78 is 0. The van der Waals surface area contributed by atoms with E-state index in [1.165, 1.54) is 21.8 Å². The third kappa shape index (κ3) is 4.87. The minimum absolute atomic E-state index is 0.0603. The predicted molar refractivity (Wildman–Crippen MR) is 134 cm³/mol. The fraction of sp³-hybridized carbons (Fsp3) is 0.360. The molecule has 1 aromatic carbocycles. The van der Waals surface area contributed by atoms with Crippen LogP contribution in [0.25, 0.3) is 0 Å². The first kappa shape index (κ1) is 22.6. The van der Waals surface area contributed by atoms with Crippen molar-refractivity contribution in [1.29, 1.82) is 0 Å². The van der Waals surface area contributed by atoms with Crippen molar-refractivity contribution >= 4 is 46.1 Å². The molecule has 0 unspecified atom stereocenters. The topological polar surface area (TPSA) is 43.9 Å². The van der Waals surface area contributed by atoms with Gasteiger partial charge in [0.15, 0.2) is 0 Å². The highest BCUT2D eigenvalue weighted by Gasteiger charge is 2.32. The summed E-state index contributed by atoms with van der Waals surface area (Å²) in [5, 5.41) is 4.79. The van der Waals surface area contributed by atoms with E-state index in [4.69, 9.17) is 11.6 Å². The first-order chi connectivity index (χ1) is 16.1. The van der Waals surface area contributed by atoms with Crippen LogP contribution in [-0.4, -0.2) is 65.8 Å². The molecule has 0 spiro atoms. The summed E-state index contributed by atoms with van der Waals surface area (Å²) in [7, 11) is 0. The van der Waals surface area contributed by atoms with Crippen LogP contribution in [-0.2, 0) is 11.2 Å². The Kier molecular flexibility index (Phi) is 6.83. The molecule has 8 heteroatoms. The number of amides is 2. The third-order valence-corrected chi connectivity index (χ3v) is 8.56. The van der Waals surface area contributed by atoms with Gasteiger partial charge in [0.2, 0.25) is 5.91 Å².